The maximum absolute atomic E-state index is 12.8. The Morgan fingerprint density at radius 3 is 2.76 bits per heavy atom. The van der Waals surface area contributed by atoms with Gasteiger partial charge in [-0.15, -0.1) is 0 Å². The molecule has 1 amide bonds. The van der Waals surface area contributed by atoms with E-state index in [0.29, 0.717) is 6.54 Å². The van der Waals surface area contributed by atoms with Crippen molar-refractivity contribution in [3.05, 3.63) is 58.6 Å². The first-order chi connectivity index (χ1) is 12.2. The smallest absolute Gasteiger partial charge is 0.253 e. The van der Waals surface area contributed by atoms with Crippen LogP contribution in [0.4, 0.5) is 5.95 Å². The van der Waals surface area contributed by atoms with Crippen LogP contribution < -0.4 is 4.90 Å². The number of H-pyrrole nitrogens is 1. The summed E-state index contributed by atoms with van der Waals surface area (Å²) in [7, 11) is 0. The molecule has 6 heteroatoms. The molecule has 3 aromatic rings. The van der Waals surface area contributed by atoms with E-state index in [4.69, 9.17) is 0 Å². The number of amides is 1. The normalized spacial score (nSPS) is 15.4. The number of hydrogen-bond acceptors (Lipinski definition) is 3. The van der Waals surface area contributed by atoms with Gasteiger partial charge in [-0.1, -0.05) is 34.1 Å². The molecule has 1 aliphatic rings. The fourth-order valence-electron chi connectivity index (χ4n) is 3.23. The zero-order valence-electron chi connectivity index (χ0n) is 13.8. The molecule has 1 fully saturated rings. The van der Waals surface area contributed by atoms with E-state index in [9.17, 15) is 4.79 Å². The number of aromatic nitrogens is 2. The molecule has 1 aromatic heterocycles. The van der Waals surface area contributed by atoms with Gasteiger partial charge in [0.15, 0.2) is 0 Å². The van der Waals surface area contributed by atoms with Crippen molar-refractivity contribution in [1.82, 2.24) is 14.9 Å². The maximum Gasteiger partial charge on any atom is 0.253 e. The Balaban J connectivity index is 1.49. The second-order valence-corrected chi connectivity index (χ2v) is 7.14. The van der Waals surface area contributed by atoms with Crippen LogP contribution >= 0.6 is 15.9 Å². The van der Waals surface area contributed by atoms with Crippen LogP contribution in [0.5, 0.6) is 0 Å². The number of rotatable bonds is 2. The predicted octanol–water partition coefficient (Wildman–Crippen LogP) is 3.68. The number of aromatic amines is 1. The average molecular weight is 399 g/mol. The molecular formula is C19H19BrN4O. The maximum atomic E-state index is 12.8. The van der Waals surface area contributed by atoms with Gasteiger partial charge in [0, 0.05) is 36.2 Å². The fourth-order valence-corrected chi connectivity index (χ4v) is 3.62. The van der Waals surface area contributed by atoms with Gasteiger partial charge in [0.1, 0.15) is 0 Å². The van der Waals surface area contributed by atoms with Crippen LogP contribution in [0.2, 0.25) is 0 Å². The SMILES string of the molecule is O=C(c1cccc(Br)c1)N1CCCN(c2nc3ccccc3[nH]2)CC1. The van der Waals surface area contributed by atoms with Gasteiger partial charge in [0.05, 0.1) is 11.0 Å². The zero-order chi connectivity index (χ0) is 17.2. The van der Waals surface area contributed by atoms with Gasteiger partial charge in [0.25, 0.3) is 5.91 Å². The fraction of sp³-hybridized carbons (Fsp3) is 0.263. The molecule has 0 unspecified atom stereocenters. The summed E-state index contributed by atoms with van der Waals surface area (Å²) in [5.74, 6) is 0.978. The number of para-hydroxylation sites is 2. The summed E-state index contributed by atoms with van der Waals surface area (Å²) < 4.78 is 0.928. The lowest BCUT2D eigenvalue weighted by Gasteiger charge is -2.22. The minimum absolute atomic E-state index is 0.0905. The lowest BCUT2D eigenvalue weighted by Crippen LogP contribution is -2.35. The Bertz CT molecular complexity index is 874. The van der Waals surface area contributed by atoms with Crippen molar-refractivity contribution in [3.63, 3.8) is 0 Å². The van der Waals surface area contributed by atoms with E-state index >= 15 is 0 Å². The molecule has 25 heavy (non-hydrogen) atoms. The average Bonchev–Trinajstić information content (AvgIpc) is 2.90. The molecule has 0 atom stereocenters. The number of hydrogen-bond donors (Lipinski definition) is 1. The number of anilines is 1. The number of nitrogens with zero attached hydrogens (tertiary/aromatic N) is 3. The van der Waals surface area contributed by atoms with E-state index in [2.05, 4.69) is 30.8 Å². The number of benzene rings is 2. The number of fused-ring (bicyclic) bond motifs is 1. The van der Waals surface area contributed by atoms with Crippen molar-refractivity contribution in [2.24, 2.45) is 0 Å². The third kappa shape index (κ3) is 3.39. The number of halogens is 1. The first-order valence-corrected chi connectivity index (χ1v) is 9.24. The molecule has 0 aliphatic carbocycles. The topological polar surface area (TPSA) is 52.2 Å². The van der Waals surface area contributed by atoms with E-state index < -0.39 is 0 Å². The number of imidazole rings is 1. The number of carbonyl (C=O) groups is 1. The Kier molecular flexibility index (Phi) is 4.44. The van der Waals surface area contributed by atoms with Crippen molar-refractivity contribution >= 4 is 38.8 Å². The highest BCUT2D eigenvalue weighted by Gasteiger charge is 2.22. The molecule has 2 heterocycles. The predicted molar refractivity (Wildman–Crippen MR) is 103 cm³/mol. The highest BCUT2D eigenvalue weighted by atomic mass is 79.9. The van der Waals surface area contributed by atoms with E-state index in [-0.39, 0.29) is 5.91 Å². The molecule has 128 valence electrons. The summed E-state index contributed by atoms with van der Waals surface area (Å²) in [5, 5.41) is 0. The van der Waals surface area contributed by atoms with Gasteiger partial charge in [-0.25, -0.2) is 4.98 Å². The number of carbonyl (C=O) groups excluding carboxylic acids is 1. The van der Waals surface area contributed by atoms with Gasteiger partial charge in [-0.05, 0) is 36.8 Å². The van der Waals surface area contributed by atoms with Gasteiger partial charge < -0.3 is 14.8 Å². The molecule has 0 bridgehead atoms. The van der Waals surface area contributed by atoms with Crippen LogP contribution in [0.15, 0.2) is 53.0 Å². The summed E-state index contributed by atoms with van der Waals surface area (Å²) in [6, 6.07) is 15.6. The molecule has 0 spiro atoms. The van der Waals surface area contributed by atoms with Crippen molar-refractivity contribution in [2.45, 2.75) is 6.42 Å². The molecule has 1 aliphatic heterocycles. The van der Waals surface area contributed by atoms with Gasteiger partial charge >= 0.3 is 0 Å². The number of nitrogens with one attached hydrogen (secondary N) is 1. The lowest BCUT2D eigenvalue weighted by atomic mass is 10.2. The Hall–Kier alpha value is -2.34. The van der Waals surface area contributed by atoms with Crippen LogP contribution in [-0.4, -0.2) is 47.0 Å². The standard InChI is InChI=1S/C19H19BrN4O/c20-15-6-3-5-14(13-15)18(25)23-9-4-10-24(12-11-23)19-21-16-7-1-2-8-17(16)22-19/h1-3,5-8,13H,4,9-12H2,(H,21,22). The van der Waals surface area contributed by atoms with Crippen LogP contribution in [0, 0.1) is 0 Å². The second-order valence-electron chi connectivity index (χ2n) is 6.22. The summed E-state index contributed by atoms with van der Waals surface area (Å²) >= 11 is 3.44. The minimum Gasteiger partial charge on any atom is -0.341 e. The molecule has 4 rings (SSSR count). The summed E-state index contributed by atoms with van der Waals surface area (Å²) in [5.41, 5.74) is 2.75. The lowest BCUT2D eigenvalue weighted by molar-refractivity contribution is 0.0767. The van der Waals surface area contributed by atoms with Gasteiger partial charge in [-0.3, -0.25) is 4.79 Å². The molecule has 5 nitrogen and oxygen atoms in total. The quantitative estimate of drug-likeness (QED) is 0.716. The first kappa shape index (κ1) is 16.1. The molecule has 1 saturated heterocycles. The second kappa shape index (κ2) is 6.88. The van der Waals surface area contributed by atoms with E-state index in [0.717, 1.165) is 53.1 Å². The highest BCUT2D eigenvalue weighted by Crippen LogP contribution is 2.19. The minimum atomic E-state index is 0.0905. The molecule has 1 N–H and O–H groups in total. The monoisotopic (exact) mass is 398 g/mol. The molecule has 0 radical (unpaired) electrons. The van der Waals surface area contributed by atoms with Crippen molar-refractivity contribution in [1.29, 1.82) is 0 Å². The largest absolute Gasteiger partial charge is 0.341 e. The first-order valence-electron chi connectivity index (χ1n) is 8.45. The van der Waals surface area contributed by atoms with E-state index in [1.54, 1.807) is 0 Å². The Morgan fingerprint density at radius 1 is 1.04 bits per heavy atom. The molecular weight excluding hydrogens is 380 g/mol. The van der Waals surface area contributed by atoms with Crippen LogP contribution in [-0.2, 0) is 0 Å². The van der Waals surface area contributed by atoms with Crippen LogP contribution in [0.1, 0.15) is 16.8 Å². The van der Waals surface area contributed by atoms with Crippen molar-refractivity contribution < 1.29 is 4.79 Å². The zero-order valence-corrected chi connectivity index (χ0v) is 15.4. The third-order valence-electron chi connectivity index (χ3n) is 4.53. The van der Waals surface area contributed by atoms with E-state index in [1.807, 2.05) is 53.4 Å². The third-order valence-corrected chi connectivity index (χ3v) is 5.02. The van der Waals surface area contributed by atoms with Crippen LogP contribution in [0.25, 0.3) is 11.0 Å². The van der Waals surface area contributed by atoms with Crippen LogP contribution in [0.3, 0.4) is 0 Å². The van der Waals surface area contributed by atoms with E-state index in [1.165, 1.54) is 0 Å². The highest BCUT2D eigenvalue weighted by molar-refractivity contribution is 9.10. The van der Waals surface area contributed by atoms with Crippen molar-refractivity contribution in [3.8, 4) is 0 Å². The molecule has 2 aromatic carbocycles. The van der Waals surface area contributed by atoms with Gasteiger partial charge in [0.2, 0.25) is 5.95 Å². The molecule has 0 saturated carbocycles. The van der Waals surface area contributed by atoms with Crippen molar-refractivity contribution in [2.75, 3.05) is 31.1 Å². The summed E-state index contributed by atoms with van der Waals surface area (Å²) in [4.78, 5) is 25.0. The van der Waals surface area contributed by atoms with Gasteiger partial charge in [-0.2, -0.15) is 0 Å². The summed E-state index contributed by atoms with van der Waals surface area (Å²) in [6.07, 6.45) is 0.927. The Labute approximate surface area is 154 Å². The summed E-state index contributed by atoms with van der Waals surface area (Å²) in [6.45, 7) is 3.13. The Morgan fingerprint density at radius 2 is 1.92 bits per heavy atom.